The van der Waals surface area contributed by atoms with Gasteiger partial charge in [0.2, 0.25) is 0 Å². The molecular formula is C28H26N6O10S2. The Balaban J connectivity index is 0.000000181. The first kappa shape index (κ1) is 31.8. The third-order valence-electron chi connectivity index (χ3n) is 6.81. The lowest BCUT2D eigenvalue weighted by Gasteiger charge is -2.28. The molecule has 18 heteroatoms. The maximum atomic E-state index is 12.5. The number of nitrogens with one attached hydrogen (secondary N) is 2. The third kappa shape index (κ3) is 5.54. The summed E-state index contributed by atoms with van der Waals surface area (Å²) in [6.45, 7) is 3.29. The van der Waals surface area contributed by atoms with E-state index in [0.717, 1.165) is 8.61 Å². The summed E-state index contributed by atoms with van der Waals surface area (Å²) in [7, 11) is -5.45. The van der Waals surface area contributed by atoms with Gasteiger partial charge in [0.05, 0.1) is 9.79 Å². The Kier molecular flexibility index (Phi) is 8.09. The minimum absolute atomic E-state index is 0.0613. The summed E-state index contributed by atoms with van der Waals surface area (Å²) in [6, 6.07) is 14.8. The molecule has 4 N–H and O–H groups in total. The van der Waals surface area contributed by atoms with E-state index in [0.29, 0.717) is 11.5 Å². The molecule has 2 amide bonds. The summed E-state index contributed by atoms with van der Waals surface area (Å²) >= 11 is 0. The van der Waals surface area contributed by atoms with E-state index in [2.05, 4.69) is 20.9 Å². The summed E-state index contributed by atoms with van der Waals surface area (Å²) in [5.74, 6) is -1.25. The summed E-state index contributed by atoms with van der Waals surface area (Å²) in [5.41, 5.74) is -0.618. The van der Waals surface area contributed by atoms with Gasteiger partial charge in [-0.1, -0.05) is 34.6 Å². The van der Waals surface area contributed by atoms with Gasteiger partial charge in [-0.15, -0.1) is 0 Å². The highest BCUT2D eigenvalue weighted by molar-refractivity contribution is 7.89. The van der Waals surface area contributed by atoms with Gasteiger partial charge in [0.25, 0.3) is 31.9 Å². The van der Waals surface area contributed by atoms with Gasteiger partial charge in [-0.2, -0.15) is 0 Å². The van der Waals surface area contributed by atoms with E-state index in [9.17, 15) is 36.6 Å². The minimum Gasteiger partial charge on any atom is -0.505 e. The molecule has 6 rings (SSSR count). The molecule has 0 saturated heterocycles. The van der Waals surface area contributed by atoms with Gasteiger partial charge in [0, 0.05) is 37.4 Å². The van der Waals surface area contributed by atoms with E-state index in [1.165, 1.54) is 50.5 Å². The number of nitrogens with zero attached hydrogens (tertiary/aromatic N) is 4. The zero-order chi connectivity index (χ0) is 33.6. The Morgan fingerprint density at radius 3 is 1.35 bits per heavy atom. The van der Waals surface area contributed by atoms with Crippen molar-refractivity contribution in [2.24, 2.45) is 0 Å². The van der Waals surface area contributed by atoms with Crippen molar-refractivity contribution in [2.45, 2.75) is 23.6 Å². The van der Waals surface area contributed by atoms with Crippen molar-refractivity contribution in [1.82, 2.24) is 18.9 Å². The predicted molar refractivity (Wildman–Crippen MR) is 162 cm³/mol. The van der Waals surface area contributed by atoms with E-state index in [1.54, 1.807) is 38.1 Å². The van der Waals surface area contributed by atoms with Gasteiger partial charge in [0.1, 0.15) is 11.5 Å². The van der Waals surface area contributed by atoms with Crippen LogP contribution in [0, 0.1) is 13.8 Å². The molecule has 0 bridgehead atoms. The Hall–Kier alpha value is -5.62. The average Bonchev–Trinajstić information content (AvgIpc) is 3.62. The van der Waals surface area contributed by atoms with Crippen molar-refractivity contribution in [2.75, 3.05) is 24.7 Å². The molecule has 0 aliphatic carbocycles. The second-order valence-corrected chi connectivity index (χ2v) is 13.8. The first-order valence-electron chi connectivity index (χ1n) is 13.2. The van der Waals surface area contributed by atoms with E-state index in [4.69, 9.17) is 9.05 Å². The molecule has 4 aromatic rings. The number of benzene rings is 2. The van der Waals surface area contributed by atoms with Gasteiger partial charge in [-0.3, -0.25) is 18.2 Å². The molecule has 0 unspecified atom stereocenters. The van der Waals surface area contributed by atoms with Crippen LogP contribution in [0.1, 0.15) is 22.6 Å². The molecule has 0 spiro atoms. The van der Waals surface area contributed by atoms with Crippen molar-refractivity contribution in [3.63, 3.8) is 0 Å². The maximum absolute atomic E-state index is 12.5. The normalized spacial score (nSPS) is 16.2. The Morgan fingerprint density at radius 1 is 0.674 bits per heavy atom. The minimum atomic E-state index is -3.92. The Bertz CT molecular complexity index is 2010. The highest BCUT2D eigenvalue weighted by Gasteiger charge is 2.39. The molecule has 4 heterocycles. The van der Waals surface area contributed by atoms with Crippen LogP contribution in [-0.4, -0.2) is 71.9 Å². The topological polar surface area (TPSA) is 225 Å². The summed E-state index contributed by atoms with van der Waals surface area (Å²) < 4.78 is 61.1. The van der Waals surface area contributed by atoms with Crippen LogP contribution in [0.4, 0.5) is 11.6 Å². The molecule has 0 fully saturated rings. The van der Waals surface area contributed by atoms with Crippen molar-refractivity contribution >= 4 is 55.0 Å². The summed E-state index contributed by atoms with van der Waals surface area (Å²) in [5, 5.41) is 32.7. The quantitative estimate of drug-likeness (QED) is 0.246. The highest BCUT2D eigenvalue weighted by Crippen LogP contribution is 2.36. The monoisotopic (exact) mass is 670 g/mol. The predicted octanol–water partition coefficient (Wildman–Crippen LogP) is 2.96. The number of likely N-dealkylation sites (N-methyl/N-ethyl adjacent to an activating group) is 2. The number of aryl methyl sites for hydroxylation is 2. The number of carbonyl (C=O) groups excluding carboxylic acids is 2. The first-order chi connectivity index (χ1) is 21.6. The number of rotatable bonds is 4. The molecule has 2 aliphatic heterocycles. The molecule has 0 saturated carbocycles. The van der Waals surface area contributed by atoms with Crippen molar-refractivity contribution in [1.29, 1.82) is 0 Å². The van der Waals surface area contributed by atoms with E-state index in [-0.39, 0.29) is 43.9 Å². The molecule has 0 radical (unpaired) electrons. The van der Waals surface area contributed by atoms with Crippen LogP contribution >= 0.6 is 0 Å². The van der Waals surface area contributed by atoms with E-state index >= 15 is 0 Å². The molecule has 0 atom stereocenters. The Morgan fingerprint density at radius 2 is 1.02 bits per heavy atom. The molecule has 240 valence electrons. The van der Waals surface area contributed by atoms with Gasteiger partial charge in [-0.25, -0.2) is 16.8 Å². The summed E-state index contributed by atoms with van der Waals surface area (Å²) in [6.07, 6.45) is 0. The number of hydrogen-bond donors (Lipinski definition) is 4. The van der Waals surface area contributed by atoms with Crippen LogP contribution in [0.3, 0.4) is 0 Å². The second kappa shape index (κ2) is 11.7. The van der Waals surface area contributed by atoms with Gasteiger partial charge in [0.15, 0.2) is 34.5 Å². The molecule has 46 heavy (non-hydrogen) atoms. The van der Waals surface area contributed by atoms with Crippen LogP contribution in [0.15, 0.2) is 90.9 Å². The first-order valence-corrected chi connectivity index (χ1v) is 16.0. The van der Waals surface area contributed by atoms with Crippen LogP contribution in [0.25, 0.3) is 11.5 Å². The molecular weight excluding hydrogens is 644 g/mol. The maximum Gasteiger partial charge on any atom is 0.278 e. The van der Waals surface area contributed by atoms with Gasteiger partial charge in [-0.05, 0) is 38.1 Å². The standard InChI is InChI=1S/2C14H13N3O5S/c2*1-8-7-11(16-22-8)15-14(19)12-13(18)9-5-3-4-6-10(9)23(20,21)17(12)2/h2*3-7,18H,1-2H3,(H,15,16,19). The number of aliphatic hydroxyl groups excluding tert-OH is 2. The fourth-order valence-electron chi connectivity index (χ4n) is 4.57. The third-order valence-corrected chi connectivity index (χ3v) is 10.4. The number of sulfonamides is 2. The SMILES string of the molecule is Cc1cc(NC(=O)C2=C(O)c3ccccc3S(=O)(=O)N2C)no1.Cc1cc(NC(=O)C2=C(O)c3ccccc3S(=O)(=O)N2C)no1. The van der Waals surface area contributed by atoms with Crippen LogP contribution < -0.4 is 10.6 Å². The molecule has 2 aromatic heterocycles. The van der Waals surface area contributed by atoms with Gasteiger partial charge >= 0.3 is 0 Å². The number of aromatic nitrogens is 2. The average molecular weight is 671 g/mol. The number of amides is 2. The lowest BCUT2D eigenvalue weighted by Crippen LogP contribution is -2.37. The van der Waals surface area contributed by atoms with Crippen LogP contribution in [-0.2, 0) is 29.6 Å². The van der Waals surface area contributed by atoms with Crippen LogP contribution in [0.5, 0.6) is 0 Å². The van der Waals surface area contributed by atoms with Crippen molar-refractivity contribution < 1.29 is 45.7 Å². The number of fused-ring (bicyclic) bond motifs is 2. The Labute approximate surface area is 262 Å². The molecule has 2 aliphatic rings. The fraction of sp³-hybridized carbons (Fsp3) is 0.143. The van der Waals surface area contributed by atoms with Crippen LogP contribution in [0.2, 0.25) is 0 Å². The largest absolute Gasteiger partial charge is 0.505 e. The number of hydrogen-bond acceptors (Lipinski definition) is 12. The highest BCUT2D eigenvalue weighted by atomic mass is 32.2. The smallest absolute Gasteiger partial charge is 0.278 e. The van der Waals surface area contributed by atoms with Crippen molar-refractivity contribution in [3.8, 4) is 0 Å². The number of carbonyl (C=O) groups is 2. The van der Waals surface area contributed by atoms with Gasteiger partial charge < -0.3 is 29.9 Å². The second-order valence-electron chi connectivity index (χ2n) is 9.89. The molecule has 2 aromatic carbocycles. The zero-order valence-electron chi connectivity index (χ0n) is 24.5. The van der Waals surface area contributed by atoms with E-state index < -0.39 is 43.4 Å². The van der Waals surface area contributed by atoms with E-state index in [1.807, 2.05) is 0 Å². The number of anilines is 2. The zero-order valence-corrected chi connectivity index (χ0v) is 26.2. The number of aliphatic hydroxyl groups is 2. The lowest BCUT2D eigenvalue weighted by atomic mass is 10.1. The summed E-state index contributed by atoms with van der Waals surface area (Å²) in [4.78, 5) is 24.6. The fourth-order valence-corrected chi connectivity index (χ4v) is 7.36. The lowest BCUT2D eigenvalue weighted by molar-refractivity contribution is -0.114. The molecule has 16 nitrogen and oxygen atoms in total. The van der Waals surface area contributed by atoms with Crippen molar-refractivity contribution in [3.05, 3.63) is 94.7 Å².